The van der Waals surface area contributed by atoms with Gasteiger partial charge in [-0.05, 0) is 56.8 Å². The van der Waals surface area contributed by atoms with Crippen LogP contribution in [-0.4, -0.2) is 41.5 Å². The summed E-state index contributed by atoms with van der Waals surface area (Å²) in [6, 6.07) is 0. The SMILES string of the molecule is CCCn1c(=O)n(CC(C)O)c(=O)c2[nH]c(C34CC5C[C@H]3C[C@H](C4)[C@@H]5O)nc21. The van der Waals surface area contributed by atoms with Crippen LogP contribution in [0.4, 0.5) is 0 Å². The summed E-state index contributed by atoms with van der Waals surface area (Å²) in [5.74, 6) is 1.92. The van der Waals surface area contributed by atoms with Gasteiger partial charge in [0.25, 0.3) is 5.56 Å². The zero-order chi connectivity index (χ0) is 19.8. The molecule has 0 saturated heterocycles. The summed E-state index contributed by atoms with van der Waals surface area (Å²) in [5, 5.41) is 20.2. The van der Waals surface area contributed by atoms with E-state index in [1.807, 2.05) is 6.92 Å². The zero-order valence-corrected chi connectivity index (χ0v) is 16.4. The van der Waals surface area contributed by atoms with Crippen LogP contribution in [-0.2, 0) is 18.5 Å². The Morgan fingerprint density at radius 1 is 1.25 bits per heavy atom. The van der Waals surface area contributed by atoms with Gasteiger partial charge in [0.1, 0.15) is 11.3 Å². The molecule has 4 aliphatic carbocycles. The molecule has 6 rings (SSSR count). The molecule has 0 radical (unpaired) electrons. The zero-order valence-electron chi connectivity index (χ0n) is 16.4. The first-order chi connectivity index (χ1) is 13.4. The van der Waals surface area contributed by atoms with E-state index in [0.717, 1.165) is 42.5 Å². The van der Waals surface area contributed by atoms with Gasteiger partial charge in [-0.2, -0.15) is 0 Å². The van der Waals surface area contributed by atoms with Crippen LogP contribution in [0.15, 0.2) is 9.59 Å². The molecular formula is C20H28N4O4. The molecule has 0 spiro atoms. The fourth-order valence-corrected chi connectivity index (χ4v) is 6.34. The number of fused-ring (bicyclic) bond motifs is 1. The number of aromatic nitrogens is 4. The summed E-state index contributed by atoms with van der Waals surface area (Å²) >= 11 is 0. The fourth-order valence-electron chi connectivity index (χ4n) is 6.34. The van der Waals surface area contributed by atoms with Crippen molar-refractivity contribution in [2.24, 2.45) is 17.8 Å². The highest BCUT2D eigenvalue weighted by Crippen LogP contribution is 2.65. The topological polar surface area (TPSA) is 113 Å². The lowest BCUT2D eigenvalue weighted by molar-refractivity contribution is 0.0167. The Bertz CT molecular complexity index is 1030. The molecule has 4 fully saturated rings. The molecule has 4 bridgehead atoms. The number of aliphatic hydroxyl groups is 2. The average molecular weight is 388 g/mol. The molecule has 0 aromatic carbocycles. The van der Waals surface area contributed by atoms with Crippen molar-refractivity contribution in [3.63, 3.8) is 0 Å². The van der Waals surface area contributed by atoms with Crippen LogP contribution in [0.5, 0.6) is 0 Å². The highest BCUT2D eigenvalue weighted by atomic mass is 16.3. The normalized spacial score (nSPS) is 34.6. The maximum absolute atomic E-state index is 13.0. The number of aliphatic hydroxyl groups excluding tert-OH is 2. The van der Waals surface area contributed by atoms with E-state index < -0.39 is 17.4 Å². The number of rotatable bonds is 5. The van der Waals surface area contributed by atoms with Crippen LogP contribution in [0.25, 0.3) is 11.2 Å². The summed E-state index contributed by atoms with van der Waals surface area (Å²) in [6.45, 7) is 3.99. The Balaban J connectivity index is 1.70. The highest BCUT2D eigenvalue weighted by molar-refractivity contribution is 5.70. The highest BCUT2D eigenvalue weighted by Gasteiger charge is 2.63. The first-order valence-corrected chi connectivity index (χ1v) is 10.5. The molecule has 2 aromatic heterocycles. The lowest BCUT2D eigenvalue weighted by atomic mass is 9.73. The van der Waals surface area contributed by atoms with Gasteiger partial charge in [-0.1, -0.05) is 6.92 Å². The molecule has 4 saturated carbocycles. The van der Waals surface area contributed by atoms with Crippen molar-refractivity contribution in [1.82, 2.24) is 19.1 Å². The van der Waals surface area contributed by atoms with Crippen LogP contribution in [0.1, 0.15) is 51.8 Å². The third-order valence-electron chi connectivity index (χ3n) is 7.40. The number of imidazole rings is 1. The molecule has 4 aliphatic rings. The second kappa shape index (κ2) is 6.03. The van der Waals surface area contributed by atoms with E-state index in [9.17, 15) is 19.8 Å². The number of hydrogen-bond donors (Lipinski definition) is 3. The van der Waals surface area contributed by atoms with E-state index in [1.165, 1.54) is 0 Å². The van der Waals surface area contributed by atoms with E-state index in [2.05, 4.69) is 4.98 Å². The maximum Gasteiger partial charge on any atom is 0.332 e. The number of nitrogens with one attached hydrogen (secondary N) is 1. The van der Waals surface area contributed by atoms with Gasteiger partial charge in [0.05, 0.1) is 18.8 Å². The number of hydrogen-bond acceptors (Lipinski definition) is 5. The van der Waals surface area contributed by atoms with Crippen LogP contribution in [0, 0.1) is 17.8 Å². The number of aryl methyl sites for hydroxylation is 1. The second-order valence-electron chi connectivity index (χ2n) is 9.23. The summed E-state index contributed by atoms with van der Waals surface area (Å²) in [7, 11) is 0. The first kappa shape index (κ1) is 18.1. The Hall–Kier alpha value is -1.93. The molecule has 8 heteroatoms. The first-order valence-electron chi connectivity index (χ1n) is 10.5. The van der Waals surface area contributed by atoms with Crippen LogP contribution in [0.3, 0.4) is 0 Å². The Morgan fingerprint density at radius 2 is 1.93 bits per heavy atom. The van der Waals surface area contributed by atoms with Crippen molar-refractivity contribution in [2.75, 3.05) is 0 Å². The summed E-state index contributed by atoms with van der Waals surface area (Å²) < 4.78 is 2.68. The largest absolute Gasteiger partial charge is 0.393 e. The molecule has 28 heavy (non-hydrogen) atoms. The van der Waals surface area contributed by atoms with Gasteiger partial charge in [-0.3, -0.25) is 13.9 Å². The van der Waals surface area contributed by atoms with Gasteiger partial charge in [0, 0.05) is 12.0 Å². The van der Waals surface area contributed by atoms with Gasteiger partial charge < -0.3 is 15.2 Å². The lowest BCUT2D eigenvalue weighted by Gasteiger charge is -2.34. The molecule has 3 N–H and O–H groups in total. The molecule has 0 aliphatic heterocycles. The average Bonchev–Trinajstić information content (AvgIpc) is 3.28. The maximum atomic E-state index is 13.0. The second-order valence-corrected chi connectivity index (χ2v) is 9.23. The predicted molar refractivity (Wildman–Crippen MR) is 103 cm³/mol. The van der Waals surface area contributed by atoms with Crippen LogP contribution < -0.4 is 11.2 Å². The van der Waals surface area contributed by atoms with E-state index in [1.54, 1.807) is 11.5 Å². The minimum Gasteiger partial charge on any atom is -0.393 e. The van der Waals surface area contributed by atoms with Crippen molar-refractivity contribution in [3.8, 4) is 0 Å². The Kier molecular flexibility index (Phi) is 3.90. The van der Waals surface area contributed by atoms with E-state index in [0.29, 0.717) is 35.5 Å². The number of aromatic amines is 1. The van der Waals surface area contributed by atoms with Crippen molar-refractivity contribution >= 4 is 11.2 Å². The minimum absolute atomic E-state index is 0.0320. The third-order valence-corrected chi connectivity index (χ3v) is 7.40. The molecule has 8 nitrogen and oxygen atoms in total. The molecule has 3 unspecified atom stereocenters. The van der Waals surface area contributed by atoms with Crippen molar-refractivity contribution in [1.29, 1.82) is 0 Å². The van der Waals surface area contributed by atoms with Gasteiger partial charge in [-0.15, -0.1) is 0 Å². The van der Waals surface area contributed by atoms with Crippen LogP contribution >= 0.6 is 0 Å². The van der Waals surface area contributed by atoms with E-state index >= 15 is 0 Å². The molecular weight excluding hydrogens is 360 g/mol. The summed E-state index contributed by atoms with van der Waals surface area (Å²) in [6.07, 6.45) is 3.57. The Morgan fingerprint density at radius 3 is 2.54 bits per heavy atom. The molecule has 2 heterocycles. The monoisotopic (exact) mass is 388 g/mol. The number of H-pyrrole nitrogens is 1. The Labute approximate surface area is 162 Å². The molecule has 152 valence electrons. The molecule has 2 aromatic rings. The number of nitrogens with zero attached hydrogens (tertiary/aromatic N) is 3. The van der Waals surface area contributed by atoms with Gasteiger partial charge in [-0.25, -0.2) is 9.78 Å². The van der Waals surface area contributed by atoms with Gasteiger partial charge in [0.15, 0.2) is 5.65 Å². The predicted octanol–water partition coefficient (Wildman–Crippen LogP) is 0.726. The van der Waals surface area contributed by atoms with Crippen molar-refractivity contribution in [2.45, 2.75) is 76.7 Å². The van der Waals surface area contributed by atoms with Gasteiger partial charge >= 0.3 is 5.69 Å². The standard InChI is InChI=1S/C20H28N4O4/c1-3-4-23-16-14(17(27)24(19(23)28)9-10(2)25)21-18(22-16)20-7-11-5-13(20)6-12(8-20)15(11)26/h10-13,15,25-26H,3-9H2,1-2H3,(H,21,22)/t10?,11-,12?,13-,15+,20?/m1/s1. The smallest absolute Gasteiger partial charge is 0.332 e. The molecule has 0 amide bonds. The van der Waals surface area contributed by atoms with Crippen molar-refractivity contribution in [3.05, 3.63) is 26.7 Å². The third kappa shape index (κ3) is 2.27. The van der Waals surface area contributed by atoms with Gasteiger partial charge in [0.2, 0.25) is 0 Å². The van der Waals surface area contributed by atoms with Crippen LogP contribution in [0.2, 0.25) is 0 Å². The molecule has 6 atom stereocenters. The minimum atomic E-state index is -0.790. The fraction of sp³-hybridized carbons (Fsp3) is 0.750. The van der Waals surface area contributed by atoms with E-state index in [-0.39, 0.29) is 18.1 Å². The van der Waals surface area contributed by atoms with Crippen molar-refractivity contribution < 1.29 is 10.2 Å². The summed E-state index contributed by atoms with van der Waals surface area (Å²) in [4.78, 5) is 34.0. The van der Waals surface area contributed by atoms with E-state index in [4.69, 9.17) is 4.98 Å². The lowest BCUT2D eigenvalue weighted by Crippen LogP contribution is -2.42. The summed E-state index contributed by atoms with van der Waals surface area (Å²) in [5.41, 5.74) is -0.160. The quantitative estimate of drug-likeness (QED) is 0.699.